The first-order chi connectivity index (χ1) is 10.2. The van der Waals surface area contributed by atoms with Crippen molar-refractivity contribution in [2.75, 3.05) is 12.4 Å². The molecule has 21 heavy (non-hydrogen) atoms. The lowest BCUT2D eigenvalue weighted by Crippen LogP contribution is -1.94. The fourth-order valence-electron chi connectivity index (χ4n) is 1.99. The lowest BCUT2D eigenvalue weighted by Gasteiger charge is -2.05. The third-order valence-electron chi connectivity index (χ3n) is 3.07. The van der Waals surface area contributed by atoms with Gasteiger partial charge in [0.05, 0.1) is 11.9 Å². The number of nitrogens with one attached hydrogen (secondary N) is 2. The summed E-state index contributed by atoms with van der Waals surface area (Å²) in [4.78, 5) is 17.9. The average Bonchev–Trinajstić information content (AvgIpc) is 2.91. The van der Waals surface area contributed by atoms with E-state index < -0.39 is 5.97 Å². The molecule has 3 aromatic rings. The Hall–Kier alpha value is -3.02. The van der Waals surface area contributed by atoms with E-state index in [1.165, 1.54) is 0 Å². The molecule has 1 aromatic carbocycles. The summed E-state index contributed by atoms with van der Waals surface area (Å²) in [6, 6.07) is 10.5. The number of anilines is 1. The van der Waals surface area contributed by atoms with Crippen molar-refractivity contribution in [2.24, 2.45) is 0 Å². The van der Waals surface area contributed by atoms with Crippen molar-refractivity contribution >= 4 is 22.6 Å². The second-order valence-electron chi connectivity index (χ2n) is 4.47. The summed E-state index contributed by atoms with van der Waals surface area (Å²) in [5.74, 6) is 0.0716. The van der Waals surface area contributed by atoms with Crippen molar-refractivity contribution in [3.8, 4) is 11.6 Å². The van der Waals surface area contributed by atoms with E-state index in [-0.39, 0.29) is 5.69 Å². The molecule has 3 rings (SSSR count). The van der Waals surface area contributed by atoms with Crippen LogP contribution in [0.2, 0.25) is 0 Å². The average molecular weight is 283 g/mol. The molecule has 0 radical (unpaired) electrons. The molecule has 0 saturated carbocycles. The monoisotopic (exact) mass is 283 g/mol. The molecule has 6 nitrogen and oxygen atoms in total. The number of aromatic carboxylic acids is 1. The summed E-state index contributed by atoms with van der Waals surface area (Å²) in [6.07, 6.45) is 1.67. The molecule has 0 aliphatic rings. The van der Waals surface area contributed by atoms with Gasteiger partial charge in [0.2, 0.25) is 5.88 Å². The van der Waals surface area contributed by atoms with Gasteiger partial charge in [0.15, 0.2) is 0 Å². The Balaban J connectivity index is 1.87. The van der Waals surface area contributed by atoms with Gasteiger partial charge in [-0.25, -0.2) is 9.78 Å². The molecular formula is C15H13N3O3. The lowest BCUT2D eigenvalue weighted by molar-refractivity contribution is 0.0691. The van der Waals surface area contributed by atoms with Gasteiger partial charge in [-0.2, -0.15) is 0 Å². The lowest BCUT2D eigenvalue weighted by atomic mass is 10.2. The number of benzene rings is 1. The molecule has 0 spiro atoms. The number of hydrogen-bond acceptors (Lipinski definition) is 4. The van der Waals surface area contributed by atoms with Crippen LogP contribution < -0.4 is 10.1 Å². The van der Waals surface area contributed by atoms with Crippen LogP contribution in [0.15, 0.2) is 42.6 Å². The second-order valence-corrected chi connectivity index (χ2v) is 4.47. The predicted molar refractivity (Wildman–Crippen MR) is 79.1 cm³/mol. The standard InChI is InChI=1S/C15H13N3O3/c1-16-10-3-5-14(17-8-10)21-11-4-2-9-6-13(15(19)20)18-12(9)7-11/h2-8,16,18H,1H3,(H,19,20). The first-order valence-corrected chi connectivity index (χ1v) is 6.33. The molecule has 2 aromatic heterocycles. The number of nitrogens with zero attached hydrogens (tertiary/aromatic N) is 1. The van der Waals surface area contributed by atoms with Gasteiger partial charge in [-0.05, 0) is 24.3 Å². The quantitative estimate of drug-likeness (QED) is 0.685. The predicted octanol–water partition coefficient (Wildman–Crippen LogP) is 3.10. The number of hydrogen-bond donors (Lipinski definition) is 3. The number of carbonyl (C=O) groups is 1. The van der Waals surface area contributed by atoms with Gasteiger partial charge in [0.25, 0.3) is 0 Å². The van der Waals surface area contributed by atoms with E-state index in [1.54, 1.807) is 36.5 Å². The van der Waals surface area contributed by atoms with Gasteiger partial charge in [-0.1, -0.05) is 0 Å². The third-order valence-corrected chi connectivity index (χ3v) is 3.07. The summed E-state index contributed by atoms with van der Waals surface area (Å²) in [6.45, 7) is 0. The summed E-state index contributed by atoms with van der Waals surface area (Å²) in [5.41, 5.74) is 1.75. The highest BCUT2D eigenvalue weighted by atomic mass is 16.5. The van der Waals surface area contributed by atoms with Crippen molar-refractivity contribution in [3.63, 3.8) is 0 Å². The maximum atomic E-state index is 10.9. The van der Waals surface area contributed by atoms with E-state index in [1.807, 2.05) is 13.1 Å². The highest BCUT2D eigenvalue weighted by molar-refractivity contribution is 5.94. The Morgan fingerprint density at radius 3 is 2.81 bits per heavy atom. The molecule has 0 aliphatic carbocycles. The minimum atomic E-state index is -0.988. The topological polar surface area (TPSA) is 87.2 Å². The highest BCUT2D eigenvalue weighted by Crippen LogP contribution is 2.25. The molecule has 0 bridgehead atoms. The van der Waals surface area contributed by atoms with Gasteiger partial charge < -0.3 is 20.1 Å². The van der Waals surface area contributed by atoms with Crippen LogP contribution in [0.3, 0.4) is 0 Å². The molecule has 0 fully saturated rings. The van der Waals surface area contributed by atoms with Gasteiger partial charge in [0.1, 0.15) is 11.4 Å². The number of carboxylic acids is 1. The molecule has 6 heteroatoms. The number of carboxylic acid groups (broad SMARTS) is 1. The Kier molecular flexibility index (Phi) is 3.19. The normalized spacial score (nSPS) is 10.5. The summed E-state index contributed by atoms with van der Waals surface area (Å²) in [5, 5.41) is 12.8. The van der Waals surface area contributed by atoms with Crippen LogP contribution in [-0.2, 0) is 0 Å². The number of rotatable bonds is 4. The number of pyridine rings is 1. The van der Waals surface area contributed by atoms with Crippen LogP contribution >= 0.6 is 0 Å². The van der Waals surface area contributed by atoms with Crippen molar-refractivity contribution in [1.29, 1.82) is 0 Å². The first kappa shape index (κ1) is 13.0. The fraction of sp³-hybridized carbons (Fsp3) is 0.0667. The molecular weight excluding hydrogens is 270 g/mol. The number of ether oxygens (including phenoxy) is 1. The van der Waals surface area contributed by atoms with Crippen LogP contribution in [0, 0.1) is 0 Å². The molecule has 0 aliphatic heterocycles. The van der Waals surface area contributed by atoms with Crippen LogP contribution in [0.4, 0.5) is 5.69 Å². The molecule has 0 amide bonds. The zero-order valence-corrected chi connectivity index (χ0v) is 11.3. The number of aromatic nitrogens is 2. The van der Waals surface area contributed by atoms with Gasteiger partial charge >= 0.3 is 5.97 Å². The second kappa shape index (κ2) is 5.16. The maximum absolute atomic E-state index is 10.9. The van der Waals surface area contributed by atoms with Crippen LogP contribution in [-0.4, -0.2) is 28.1 Å². The van der Waals surface area contributed by atoms with Gasteiger partial charge in [-0.3, -0.25) is 0 Å². The van der Waals surface area contributed by atoms with E-state index in [9.17, 15) is 4.79 Å². The SMILES string of the molecule is CNc1ccc(Oc2ccc3cc(C(=O)O)[nH]c3c2)nc1. The van der Waals surface area contributed by atoms with E-state index in [0.29, 0.717) is 17.1 Å². The van der Waals surface area contributed by atoms with Crippen molar-refractivity contribution < 1.29 is 14.6 Å². The van der Waals surface area contributed by atoms with Gasteiger partial charge in [-0.15, -0.1) is 0 Å². The van der Waals surface area contributed by atoms with E-state index in [4.69, 9.17) is 9.84 Å². The van der Waals surface area contributed by atoms with Gasteiger partial charge in [0, 0.05) is 30.1 Å². The maximum Gasteiger partial charge on any atom is 0.352 e. The van der Waals surface area contributed by atoms with Crippen LogP contribution in [0.25, 0.3) is 10.9 Å². The fourth-order valence-corrected chi connectivity index (χ4v) is 1.99. The van der Waals surface area contributed by atoms with Crippen LogP contribution in [0.1, 0.15) is 10.5 Å². The Labute approximate surface area is 120 Å². The van der Waals surface area contributed by atoms with Crippen LogP contribution in [0.5, 0.6) is 11.6 Å². The highest BCUT2D eigenvalue weighted by Gasteiger charge is 2.08. The molecule has 3 N–H and O–H groups in total. The number of H-pyrrole nitrogens is 1. The smallest absolute Gasteiger partial charge is 0.352 e. The summed E-state index contributed by atoms with van der Waals surface area (Å²) in [7, 11) is 1.82. The molecule has 0 atom stereocenters. The first-order valence-electron chi connectivity index (χ1n) is 6.33. The van der Waals surface area contributed by atoms with Crippen molar-refractivity contribution in [3.05, 3.63) is 48.3 Å². The summed E-state index contributed by atoms with van der Waals surface area (Å²) >= 11 is 0. The summed E-state index contributed by atoms with van der Waals surface area (Å²) < 4.78 is 5.65. The zero-order valence-electron chi connectivity index (χ0n) is 11.3. The Morgan fingerprint density at radius 1 is 1.29 bits per heavy atom. The van der Waals surface area contributed by atoms with Crippen molar-refractivity contribution in [1.82, 2.24) is 9.97 Å². The molecule has 0 unspecified atom stereocenters. The molecule has 2 heterocycles. The molecule has 0 saturated heterocycles. The molecule has 106 valence electrons. The minimum absolute atomic E-state index is 0.152. The zero-order chi connectivity index (χ0) is 14.8. The number of fused-ring (bicyclic) bond motifs is 1. The largest absolute Gasteiger partial charge is 0.477 e. The van der Waals surface area contributed by atoms with Crippen molar-refractivity contribution in [2.45, 2.75) is 0 Å². The third kappa shape index (κ3) is 2.64. The Morgan fingerprint density at radius 2 is 2.14 bits per heavy atom. The minimum Gasteiger partial charge on any atom is -0.477 e. The number of aromatic amines is 1. The Bertz CT molecular complexity index is 794. The van der Waals surface area contributed by atoms with E-state index >= 15 is 0 Å². The van der Waals surface area contributed by atoms with E-state index in [0.717, 1.165) is 11.1 Å². The van der Waals surface area contributed by atoms with E-state index in [2.05, 4.69) is 15.3 Å².